The van der Waals surface area contributed by atoms with E-state index in [0.717, 1.165) is 0 Å². The highest BCUT2D eigenvalue weighted by Gasteiger charge is 2.30. The molecule has 3 N–H and O–H groups in total. The maximum absolute atomic E-state index is 12.1. The van der Waals surface area contributed by atoms with Crippen molar-refractivity contribution in [3.8, 4) is 0 Å². The summed E-state index contributed by atoms with van der Waals surface area (Å²) in [7, 11) is 0. The third-order valence-electron chi connectivity index (χ3n) is 2.54. The van der Waals surface area contributed by atoms with Gasteiger partial charge in [-0.15, -0.1) is 0 Å². The number of carbonyl (C=O) groups is 1. The van der Waals surface area contributed by atoms with Crippen molar-refractivity contribution in [2.24, 2.45) is 0 Å². The second-order valence-corrected chi connectivity index (χ2v) is 4.21. The zero-order valence-corrected chi connectivity index (χ0v) is 10.1. The molecule has 1 aromatic carbocycles. The normalized spacial score (nSPS) is 13.2. The van der Waals surface area contributed by atoms with E-state index < -0.39 is 24.5 Å². The Kier molecular flexibility index (Phi) is 4.21. The molecule has 0 spiro atoms. The number of nitrogen functional groups attached to an aromatic ring is 1. The lowest BCUT2D eigenvalue weighted by atomic mass is 10.1. The molecule has 1 unspecified atom stereocenters. The molecule has 0 aromatic heterocycles. The van der Waals surface area contributed by atoms with Crippen molar-refractivity contribution in [1.29, 1.82) is 0 Å². The predicted molar refractivity (Wildman–Crippen MR) is 63.2 cm³/mol. The number of halogens is 3. The number of nitrogens with two attached hydrogens (primary N) is 1. The first-order valence-corrected chi connectivity index (χ1v) is 5.43. The van der Waals surface area contributed by atoms with Crippen LogP contribution in [-0.4, -0.2) is 18.1 Å². The number of nitrogens with one attached hydrogen (secondary N) is 1. The molecule has 0 aliphatic rings. The number of carbonyl (C=O) groups excluding carboxylic acids is 1. The summed E-state index contributed by atoms with van der Waals surface area (Å²) in [5.74, 6) is -0.545. The van der Waals surface area contributed by atoms with Crippen LogP contribution in [-0.2, 0) is 0 Å². The van der Waals surface area contributed by atoms with Crippen LogP contribution in [0.3, 0.4) is 0 Å². The van der Waals surface area contributed by atoms with Gasteiger partial charge in [-0.3, -0.25) is 4.79 Å². The van der Waals surface area contributed by atoms with Gasteiger partial charge in [0.25, 0.3) is 5.91 Å². The average Bonchev–Trinajstić information content (AvgIpc) is 2.18. The molecule has 0 fully saturated rings. The molecule has 0 saturated carbocycles. The highest BCUT2D eigenvalue weighted by atomic mass is 19.4. The molecular formula is C12H15F3N2O. The van der Waals surface area contributed by atoms with Gasteiger partial charge in [0.2, 0.25) is 0 Å². The molecule has 3 nitrogen and oxygen atoms in total. The number of amides is 1. The van der Waals surface area contributed by atoms with Gasteiger partial charge in [-0.1, -0.05) is 6.07 Å². The standard InChI is InChI=1S/C12H15F3N2O/c1-7(6-12(13,14)15)17-11(18)9-4-3-5-10(16)8(9)2/h3-5,7H,6,16H2,1-2H3,(H,17,18). The fourth-order valence-electron chi connectivity index (χ4n) is 1.60. The second kappa shape index (κ2) is 5.29. The van der Waals surface area contributed by atoms with Crippen molar-refractivity contribution in [1.82, 2.24) is 5.32 Å². The fourth-order valence-corrected chi connectivity index (χ4v) is 1.60. The van der Waals surface area contributed by atoms with Gasteiger partial charge < -0.3 is 11.1 Å². The van der Waals surface area contributed by atoms with Gasteiger partial charge in [-0.05, 0) is 31.5 Å². The zero-order valence-electron chi connectivity index (χ0n) is 10.1. The van der Waals surface area contributed by atoms with Crippen LogP contribution in [0.4, 0.5) is 18.9 Å². The summed E-state index contributed by atoms with van der Waals surface area (Å²) in [6, 6.07) is 3.77. The molecule has 100 valence electrons. The maximum atomic E-state index is 12.1. The van der Waals surface area contributed by atoms with Crippen molar-refractivity contribution in [2.45, 2.75) is 32.5 Å². The van der Waals surface area contributed by atoms with Crippen LogP contribution in [0, 0.1) is 6.92 Å². The number of benzene rings is 1. The maximum Gasteiger partial charge on any atom is 0.391 e. The van der Waals surface area contributed by atoms with E-state index in [4.69, 9.17) is 5.73 Å². The van der Waals surface area contributed by atoms with Gasteiger partial charge in [0.05, 0.1) is 6.42 Å². The first kappa shape index (κ1) is 14.3. The SMILES string of the molecule is Cc1c(N)cccc1C(=O)NC(C)CC(F)(F)F. The Hall–Kier alpha value is -1.72. The highest BCUT2D eigenvalue weighted by Crippen LogP contribution is 2.22. The van der Waals surface area contributed by atoms with Crippen LogP contribution < -0.4 is 11.1 Å². The molecule has 0 aliphatic carbocycles. The molecule has 6 heteroatoms. The van der Waals surface area contributed by atoms with Crippen LogP contribution in [0.1, 0.15) is 29.3 Å². The Bertz CT molecular complexity index is 443. The van der Waals surface area contributed by atoms with E-state index in [9.17, 15) is 18.0 Å². The third-order valence-corrected chi connectivity index (χ3v) is 2.54. The lowest BCUT2D eigenvalue weighted by molar-refractivity contribution is -0.138. The van der Waals surface area contributed by atoms with E-state index >= 15 is 0 Å². The largest absolute Gasteiger partial charge is 0.398 e. The first-order valence-electron chi connectivity index (χ1n) is 5.43. The smallest absolute Gasteiger partial charge is 0.391 e. The molecule has 1 rings (SSSR count). The Morgan fingerprint density at radius 3 is 2.61 bits per heavy atom. The summed E-state index contributed by atoms with van der Waals surface area (Å²) in [6.07, 6.45) is -5.35. The first-order chi connectivity index (χ1) is 8.20. The van der Waals surface area contributed by atoms with Crippen molar-refractivity contribution >= 4 is 11.6 Å². The summed E-state index contributed by atoms with van der Waals surface area (Å²) in [5, 5.41) is 2.31. The van der Waals surface area contributed by atoms with Gasteiger partial charge in [0.1, 0.15) is 0 Å². The third kappa shape index (κ3) is 3.94. The van der Waals surface area contributed by atoms with Gasteiger partial charge in [0.15, 0.2) is 0 Å². The highest BCUT2D eigenvalue weighted by molar-refractivity contribution is 5.97. The summed E-state index contributed by atoms with van der Waals surface area (Å²) in [5.41, 5.74) is 6.93. The topological polar surface area (TPSA) is 55.1 Å². The van der Waals surface area contributed by atoms with Crippen molar-refractivity contribution in [3.63, 3.8) is 0 Å². The van der Waals surface area contributed by atoms with Crippen LogP contribution in [0.15, 0.2) is 18.2 Å². The Labute approximate surface area is 103 Å². The van der Waals surface area contributed by atoms with E-state index in [1.807, 2.05) is 0 Å². The lowest BCUT2D eigenvalue weighted by Crippen LogP contribution is -2.36. The van der Waals surface area contributed by atoms with E-state index in [2.05, 4.69) is 5.32 Å². The Balaban J connectivity index is 2.74. The average molecular weight is 260 g/mol. The number of hydrogen-bond acceptors (Lipinski definition) is 2. The molecule has 0 aliphatic heterocycles. The number of rotatable bonds is 3. The number of alkyl halides is 3. The van der Waals surface area contributed by atoms with Crippen LogP contribution in [0.2, 0.25) is 0 Å². The molecule has 0 bridgehead atoms. The quantitative estimate of drug-likeness (QED) is 0.821. The molecular weight excluding hydrogens is 245 g/mol. The van der Waals surface area contributed by atoms with Crippen LogP contribution in [0.25, 0.3) is 0 Å². The van der Waals surface area contributed by atoms with Gasteiger partial charge in [-0.2, -0.15) is 13.2 Å². The minimum absolute atomic E-state index is 0.295. The number of hydrogen-bond donors (Lipinski definition) is 2. The molecule has 1 atom stereocenters. The van der Waals surface area contributed by atoms with E-state index in [1.54, 1.807) is 19.1 Å². The minimum Gasteiger partial charge on any atom is -0.398 e. The van der Waals surface area contributed by atoms with E-state index in [0.29, 0.717) is 16.8 Å². The Morgan fingerprint density at radius 1 is 1.44 bits per heavy atom. The summed E-state index contributed by atoms with van der Waals surface area (Å²) >= 11 is 0. The van der Waals surface area contributed by atoms with Gasteiger partial charge >= 0.3 is 6.18 Å². The fraction of sp³-hybridized carbons (Fsp3) is 0.417. The molecule has 1 amide bonds. The summed E-state index contributed by atoms with van der Waals surface area (Å²) in [6.45, 7) is 2.96. The van der Waals surface area contributed by atoms with Crippen molar-refractivity contribution < 1.29 is 18.0 Å². The minimum atomic E-state index is -4.29. The summed E-state index contributed by atoms with van der Waals surface area (Å²) in [4.78, 5) is 11.8. The monoisotopic (exact) mass is 260 g/mol. The van der Waals surface area contributed by atoms with Gasteiger partial charge in [0, 0.05) is 17.3 Å². The zero-order chi connectivity index (χ0) is 13.9. The van der Waals surface area contributed by atoms with E-state index in [1.165, 1.54) is 13.0 Å². The van der Waals surface area contributed by atoms with Gasteiger partial charge in [-0.25, -0.2) is 0 Å². The predicted octanol–water partition coefficient (Wildman–Crippen LogP) is 2.65. The number of anilines is 1. The molecule has 0 saturated heterocycles. The second-order valence-electron chi connectivity index (χ2n) is 4.21. The lowest BCUT2D eigenvalue weighted by Gasteiger charge is -2.16. The molecule has 0 radical (unpaired) electrons. The van der Waals surface area contributed by atoms with Crippen molar-refractivity contribution in [2.75, 3.05) is 5.73 Å². The molecule has 1 aromatic rings. The van der Waals surface area contributed by atoms with Crippen LogP contribution in [0.5, 0.6) is 0 Å². The Morgan fingerprint density at radius 2 is 2.06 bits per heavy atom. The molecule has 0 heterocycles. The van der Waals surface area contributed by atoms with E-state index in [-0.39, 0.29) is 0 Å². The molecule has 18 heavy (non-hydrogen) atoms. The van der Waals surface area contributed by atoms with Crippen LogP contribution >= 0.6 is 0 Å². The summed E-state index contributed by atoms with van der Waals surface area (Å²) < 4.78 is 36.4. The van der Waals surface area contributed by atoms with Crippen molar-refractivity contribution in [3.05, 3.63) is 29.3 Å².